The standard InChI is InChI=1S/C8H13IO/c1-2-10-8-6-4-3-5-7(8)9/h4,6-8H,2-3,5H2,1H3/t7-,8-/m1/s1. The molecule has 0 heterocycles. The van der Waals surface area contributed by atoms with Crippen molar-refractivity contribution in [3.8, 4) is 0 Å². The van der Waals surface area contributed by atoms with Crippen LogP contribution in [-0.4, -0.2) is 16.6 Å². The van der Waals surface area contributed by atoms with Gasteiger partial charge in [-0.25, -0.2) is 0 Å². The van der Waals surface area contributed by atoms with Crippen LogP contribution in [0.4, 0.5) is 0 Å². The summed E-state index contributed by atoms with van der Waals surface area (Å²) in [6.07, 6.45) is 7.26. The Morgan fingerprint density at radius 3 is 3.10 bits per heavy atom. The van der Waals surface area contributed by atoms with Crippen molar-refractivity contribution < 1.29 is 4.74 Å². The monoisotopic (exact) mass is 252 g/mol. The maximum atomic E-state index is 5.50. The molecule has 0 aromatic carbocycles. The fourth-order valence-electron chi connectivity index (χ4n) is 1.12. The summed E-state index contributed by atoms with van der Waals surface area (Å²) in [4.78, 5) is 0. The molecule has 0 spiro atoms. The molecule has 0 aromatic heterocycles. The maximum absolute atomic E-state index is 5.50. The van der Waals surface area contributed by atoms with Crippen molar-refractivity contribution in [1.82, 2.24) is 0 Å². The van der Waals surface area contributed by atoms with Crippen molar-refractivity contribution >= 4 is 22.6 Å². The number of hydrogen-bond acceptors (Lipinski definition) is 1. The van der Waals surface area contributed by atoms with Gasteiger partial charge in [-0.2, -0.15) is 0 Å². The summed E-state index contributed by atoms with van der Waals surface area (Å²) < 4.78 is 6.18. The van der Waals surface area contributed by atoms with E-state index in [1.165, 1.54) is 12.8 Å². The predicted molar refractivity (Wildman–Crippen MR) is 51.6 cm³/mol. The van der Waals surface area contributed by atoms with E-state index in [9.17, 15) is 0 Å². The first-order valence-electron chi connectivity index (χ1n) is 3.77. The molecule has 0 bridgehead atoms. The SMILES string of the molecule is CCO[C@@H]1C=CCC[C@H]1I. The van der Waals surface area contributed by atoms with Crippen LogP contribution in [0.2, 0.25) is 0 Å². The smallest absolute Gasteiger partial charge is 0.0873 e. The van der Waals surface area contributed by atoms with Crippen molar-refractivity contribution in [3.63, 3.8) is 0 Å². The van der Waals surface area contributed by atoms with Crippen LogP contribution in [0.25, 0.3) is 0 Å². The third-order valence-corrected chi connectivity index (χ3v) is 2.98. The minimum Gasteiger partial charge on any atom is -0.373 e. The Morgan fingerprint density at radius 1 is 1.70 bits per heavy atom. The first-order valence-corrected chi connectivity index (χ1v) is 5.01. The highest BCUT2D eigenvalue weighted by Gasteiger charge is 2.17. The Kier molecular flexibility index (Phi) is 3.70. The van der Waals surface area contributed by atoms with Crippen molar-refractivity contribution in [2.45, 2.75) is 29.8 Å². The van der Waals surface area contributed by atoms with Crippen LogP contribution in [0.15, 0.2) is 12.2 Å². The number of allylic oxidation sites excluding steroid dienone is 1. The minimum absolute atomic E-state index is 0.374. The van der Waals surface area contributed by atoms with E-state index < -0.39 is 0 Å². The molecule has 2 atom stereocenters. The van der Waals surface area contributed by atoms with E-state index in [4.69, 9.17) is 4.74 Å². The van der Waals surface area contributed by atoms with Crippen LogP contribution in [0.5, 0.6) is 0 Å². The highest BCUT2D eigenvalue weighted by atomic mass is 127. The Morgan fingerprint density at radius 2 is 2.50 bits per heavy atom. The average Bonchev–Trinajstić information content (AvgIpc) is 1.94. The van der Waals surface area contributed by atoms with Crippen LogP contribution in [-0.2, 0) is 4.74 Å². The largest absolute Gasteiger partial charge is 0.373 e. The molecular weight excluding hydrogens is 239 g/mol. The fraction of sp³-hybridized carbons (Fsp3) is 0.750. The molecule has 0 aromatic rings. The normalized spacial score (nSPS) is 32.6. The lowest BCUT2D eigenvalue weighted by Gasteiger charge is -2.22. The second-order valence-electron chi connectivity index (χ2n) is 2.44. The van der Waals surface area contributed by atoms with Gasteiger partial charge in [-0.05, 0) is 19.8 Å². The number of rotatable bonds is 2. The van der Waals surface area contributed by atoms with Gasteiger partial charge in [0.2, 0.25) is 0 Å². The number of hydrogen-bond donors (Lipinski definition) is 0. The minimum atomic E-state index is 0.374. The third kappa shape index (κ3) is 2.23. The van der Waals surface area contributed by atoms with Crippen LogP contribution < -0.4 is 0 Å². The third-order valence-electron chi connectivity index (χ3n) is 1.65. The van der Waals surface area contributed by atoms with Crippen molar-refractivity contribution in [2.24, 2.45) is 0 Å². The van der Waals surface area contributed by atoms with E-state index in [-0.39, 0.29) is 0 Å². The second kappa shape index (κ2) is 4.34. The van der Waals surface area contributed by atoms with Crippen LogP contribution in [0.1, 0.15) is 19.8 Å². The summed E-state index contributed by atoms with van der Waals surface area (Å²) in [5, 5.41) is 0. The Bertz CT molecular complexity index is 122. The molecule has 0 saturated heterocycles. The van der Waals surface area contributed by atoms with Gasteiger partial charge in [0.05, 0.1) is 6.10 Å². The molecular formula is C8H13IO. The lowest BCUT2D eigenvalue weighted by atomic mass is 10.1. The van der Waals surface area contributed by atoms with E-state index in [0.717, 1.165) is 6.61 Å². The Hall–Kier alpha value is 0.430. The average molecular weight is 252 g/mol. The van der Waals surface area contributed by atoms with E-state index in [1.807, 2.05) is 6.92 Å². The van der Waals surface area contributed by atoms with Gasteiger partial charge in [-0.15, -0.1) is 0 Å². The van der Waals surface area contributed by atoms with Gasteiger partial charge in [0.25, 0.3) is 0 Å². The van der Waals surface area contributed by atoms with E-state index >= 15 is 0 Å². The molecule has 10 heavy (non-hydrogen) atoms. The van der Waals surface area contributed by atoms with Gasteiger partial charge in [-0.1, -0.05) is 34.7 Å². The van der Waals surface area contributed by atoms with Gasteiger partial charge in [0.15, 0.2) is 0 Å². The summed E-state index contributed by atoms with van der Waals surface area (Å²) >= 11 is 2.47. The zero-order valence-corrected chi connectivity index (χ0v) is 8.37. The maximum Gasteiger partial charge on any atom is 0.0873 e. The second-order valence-corrected chi connectivity index (χ2v) is 4.04. The molecule has 0 aliphatic heterocycles. The Labute approximate surface area is 76.0 Å². The number of alkyl halides is 1. The van der Waals surface area contributed by atoms with E-state index in [0.29, 0.717) is 10.0 Å². The van der Waals surface area contributed by atoms with Crippen molar-refractivity contribution in [3.05, 3.63) is 12.2 Å². The lowest BCUT2D eigenvalue weighted by Crippen LogP contribution is -2.24. The molecule has 0 N–H and O–H groups in total. The zero-order valence-electron chi connectivity index (χ0n) is 6.22. The number of ether oxygens (including phenoxy) is 1. The summed E-state index contributed by atoms with van der Waals surface area (Å²) in [5.41, 5.74) is 0. The molecule has 1 nitrogen and oxygen atoms in total. The van der Waals surface area contributed by atoms with Gasteiger partial charge in [-0.3, -0.25) is 0 Å². The summed E-state index contributed by atoms with van der Waals surface area (Å²) in [6.45, 7) is 2.88. The van der Waals surface area contributed by atoms with Gasteiger partial charge in [0, 0.05) is 10.5 Å². The predicted octanol–water partition coefficient (Wildman–Crippen LogP) is 2.55. The highest BCUT2D eigenvalue weighted by molar-refractivity contribution is 14.1. The molecule has 2 heteroatoms. The number of halogens is 1. The van der Waals surface area contributed by atoms with Crippen molar-refractivity contribution in [1.29, 1.82) is 0 Å². The summed E-state index contributed by atoms with van der Waals surface area (Å²) in [5.74, 6) is 0. The van der Waals surface area contributed by atoms with Gasteiger partial charge in [0.1, 0.15) is 0 Å². The van der Waals surface area contributed by atoms with Gasteiger partial charge < -0.3 is 4.74 Å². The zero-order chi connectivity index (χ0) is 7.40. The first-order chi connectivity index (χ1) is 4.84. The van der Waals surface area contributed by atoms with E-state index in [1.54, 1.807) is 0 Å². The van der Waals surface area contributed by atoms with Crippen LogP contribution in [0.3, 0.4) is 0 Å². The molecule has 1 aliphatic rings. The molecule has 1 aliphatic carbocycles. The molecule has 1 rings (SSSR count). The Balaban J connectivity index is 2.39. The fourth-order valence-corrected chi connectivity index (χ4v) is 1.93. The summed E-state index contributed by atoms with van der Waals surface area (Å²) in [6, 6.07) is 0. The molecule has 0 radical (unpaired) electrons. The van der Waals surface area contributed by atoms with Crippen LogP contribution in [0, 0.1) is 0 Å². The first kappa shape index (κ1) is 8.53. The molecule has 0 amide bonds. The summed E-state index contributed by atoms with van der Waals surface area (Å²) in [7, 11) is 0. The molecule has 0 fully saturated rings. The van der Waals surface area contributed by atoms with Crippen molar-refractivity contribution in [2.75, 3.05) is 6.61 Å². The quantitative estimate of drug-likeness (QED) is 0.417. The highest BCUT2D eigenvalue weighted by Crippen LogP contribution is 2.21. The van der Waals surface area contributed by atoms with Gasteiger partial charge >= 0.3 is 0 Å². The lowest BCUT2D eigenvalue weighted by molar-refractivity contribution is 0.0933. The molecule has 0 unspecified atom stereocenters. The van der Waals surface area contributed by atoms with E-state index in [2.05, 4.69) is 34.7 Å². The molecule has 0 saturated carbocycles. The topological polar surface area (TPSA) is 9.23 Å². The van der Waals surface area contributed by atoms with Crippen LogP contribution >= 0.6 is 22.6 Å². The molecule has 58 valence electrons.